The van der Waals surface area contributed by atoms with Crippen molar-refractivity contribution in [2.75, 3.05) is 5.73 Å². The van der Waals surface area contributed by atoms with Crippen LogP contribution in [0.5, 0.6) is 0 Å². The number of rotatable bonds is 2. The number of nitrogen functional groups attached to an aromatic ring is 1. The van der Waals surface area contributed by atoms with E-state index in [0.29, 0.717) is 0 Å². The van der Waals surface area contributed by atoms with Gasteiger partial charge in [-0.2, -0.15) is 0 Å². The van der Waals surface area contributed by atoms with Gasteiger partial charge in [0.05, 0.1) is 0 Å². The molecule has 1 fully saturated rings. The van der Waals surface area contributed by atoms with Crippen LogP contribution in [0.2, 0.25) is 0 Å². The second-order valence-corrected chi connectivity index (χ2v) is 5.29. The zero-order chi connectivity index (χ0) is 12.5. The molecule has 1 heteroatoms. The van der Waals surface area contributed by atoms with Crippen molar-refractivity contribution in [2.45, 2.75) is 32.1 Å². The van der Waals surface area contributed by atoms with Crippen molar-refractivity contribution >= 4 is 5.69 Å². The van der Waals surface area contributed by atoms with Crippen LogP contribution < -0.4 is 5.73 Å². The van der Waals surface area contributed by atoms with Crippen LogP contribution in [-0.2, 0) is 0 Å². The molecule has 0 saturated heterocycles. The van der Waals surface area contributed by atoms with E-state index >= 15 is 0 Å². The Bertz CT molecular complexity index is 568. The molecule has 0 aromatic heterocycles. The van der Waals surface area contributed by atoms with Gasteiger partial charge in [-0.25, -0.2) is 0 Å². The van der Waals surface area contributed by atoms with Crippen LogP contribution in [0, 0.1) is 6.92 Å². The number of benzene rings is 2. The van der Waals surface area contributed by atoms with Crippen LogP contribution >= 0.6 is 0 Å². The number of aryl methyl sites for hydroxylation is 1. The minimum atomic E-state index is 0.752. The number of anilines is 1. The Morgan fingerprint density at radius 3 is 2.50 bits per heavy atom. The Hall–Kier alpha value is -1.76. The molecule has 0 atom stereocenters. The highest BCUT2D eigenvalue weighted by molar-refractivity contribution is 5.74. The van der Waals surface area contributed by atoms with E-state index in [4.69, 9.17) is 5.73 Å². The first kappa shape index (κ1) is 11.3. The van der Waals surface area contributed by atoms with E-state index in [2.05, 4.69) is 43.3 Å². The largest absolute Gasteiger partial charge is 0.399 e. The summed E-state index contributed by atoms with van der Waals surface area (Å²) < 4.78 is 0. The van der Waals surface area contributed by atoms with Gasteiger partial charge < -0.3 is 5.73 Å². The predicted molar refractivity (Wildman–Crippen MR) is 77.6 cm³/mol. The second kappa shape index (κ2) is 4.49. The maximum absolute atomic E-state index is 5.94. The Morgan fingerprint density at radius 1 is 1.00 bits per heavy atom. The molecule has 0 amide bonds. The fraction of sp³-hybridized carbons (Fsp3) is 0.294. The van der Waals surface area contributed by atoms with Gasteiger partial charge in [0.25, 0.3) is 0 Å². The maximum Gasteiger partial charge on any atom is 0.0320 e. The van der Waals surface area contributed by atoms with Crippen molar-refractivity contribution in [1.29, 1.82) is 0 Å². The standard InChI is InChI=1S/C17H19N/c1-12-9-10-14(18)11-17(12)16-8-3-2-7-15(16)13-5-4-6-13/h2-3,7-11,13H,4-6,18H2,1H3. The molecule has 2 aromatic carbocycles. The lowest BCUT2D eigenvalue weighted by Gasteiger charge is -2.28. The lowest BCUT2D eigenvalue weighted by molar-refractivity contribution is 0.420. The average molecular weight is 237 g/mol. The van der Waals surface area contributed by atoms with Crippen molar-refractivity contribution in [3.63, 3.8) is 0 Å². The Kier molecular flexibility index (Phi) is 2.83. The molecule has 0 spiro atoms. The van der Waals surface area contributed by atoms with Crippen LogP contribution in [0.1, 0.15) is 36.3 Å². The number of hydrogen-bond acceptors (Lipinski definition) is 1. The van der Waals surface area contributed by atoms with E-state index in [1.54, 1.807) is 0 Å². The summed E-state index contributed by atoms with van der Waals surface area (Å²) in [6, 6.07) is 15.0. The van der Waals surface area contributed by atoms with E-state index in [1.807, 2.05) is 6.07 Å². The van der Waals surface area contributed by atoms with Gasteiger partial charge in [-0.05, 0) is 60.1 Å². The van der Waals surface area contributed by atoms with Crippen LogP contribution in [0.3, 0.4) is 0 Å². The van der Waals surface area contributed by atoms with Crippen molar-refractivity contribution in [2.24, 2.45) is 0 Å². The van der Waals surface area contributed by atoms with Gasteiger partial charge in [0.15, 0.2) is 0 Å². The van der Waals surface area contributed by atoms with Crippen LogP contribution in [0.25, 0.3) is 11.1 Å². The SMILES string of the molecule is Cc1ccc(N)cc1-c1ccccc1C1CCC1. The molecule has 92 valence electrons. The van der Waals surface area contributed by atoms with Gasteiger partial charge >= 0.3 is 0 Å². The molecule has 0 unspecified atom stereocenters. The quantitative estimate of drug-likeness (QED) is 0.764. The summed E-state index contributed by atoms with van der Waals surface area (Å²) in [6.45, 7) is 2.16. The molecule has 0 radical (unpaired) electrons. The van der Waals surface area contributed by atoms with E-state index < -0.39 is 0 Å². The maximum atomic E-state index is 5.94. The molecule has 1 nitrogen and oxygen atoms in total. The molecule has 0 aliphatic heterocycles. The fourth-order valence-electron chi connectivity index (χ4n) is 2.75. The van der Waals surface area contributed by atoms with E-state index in [9.17, 15) is 0 Å². The van der Waals surface area contributed by atoms with Crippen molar-refractivity contribution in [3.8, 4) is 11.1 Å². The molecule has 1 saturated carbocycles. The molecule has 0 bridgehead atoms. The summed E-state index contributed by atoms with van der Waals surface area (Å²) in [4.78, 5) is 0. The lowest BCUT2D eigenvalue weighted by atomic mass is 9.77. The molecule has 1 aliphatic carbocycles. The van der Waals surface area contributed by atoms with Crippen molar-refractivity contribution in [3.05, 3.63) is 53.6 Å². The predicted octanol–water partition coefficient (Wildman–Crippen LogP) is 4.51. The van der Waals surface area contributed by atoms with Crippen molar-refractivity contribution in [1.82, 2.24) is 0 Å². The highest BCUT2D eigenvalue weighted by Gasteiger charge is 2.22. The highest BCUT2D eigenvalue weighted by atomic mass is 14.5. The molecular formula is C17H19N. The monoisotopic (exact) mass is 237 g/mol. The number of nitrogens with two attached hydrogens (primary N) is 1. The summed E-state index contributed by atoms with van der Waals surface area (Å²) in [5.74, 6) is 0.752. The molecule has 3 rings (SSSR count). The third-order valence-corrected chi connectivity index (χ3v) is 4.06. The first-order chi connectivity index (χ1) is 8.75. The first-order valence-electron chi connectivity index (χ1n) is 6.71. The first-order valence-corrected chi connectivity index (χ1v) is 6.71. The molecular weight excluding hydrogens is 218 g/mol. The zero-order valence-corrected chi connectivity index (χ0v) is 10.8. The number of hydrogen-bond donors (Lipinski definition) is 1. The smallest absolute Gasteiger partial charge is 0.0320 e. The summed E-state index contributed by atoms with van der Waals surface area (Å²) in [6.07, 6.45) is 4.03. The second-order valence-electron chi connectivity index (χ2n) is 5.29. The molecule has 2 N–H and O–H groups in total. The Balaban J connectivity index is 2.13. The molecule has 2 aromatic rings. The van der Waals surface area contributed by atoms with Gasteiger partial charge in [0, 0.05) is 5.69 Å². The minimum absolute atomic E-state index is 0.752. The Morgan fingerprint density at radius 2 is 1.78 bits per heavy atom. The minimum Gasteiger partial charge on any atom is -0.399 e. The van der Waals surface area contributed by atoms with Crippen LogP contribution in [0.4, 0.5) is 5.69 Å². The van der Waals surface area contributed by atoms with Gasteiger partial charge in [-0.1, -0.05) is 36.8 Å². The van der Waals surface area contributed by atoms with Gasteiger partial charge in [-0.15, -0.1) is 0 Å². The molecule has 0 heterocycles. The lowest BCUT2D eigenvalue weighted by Crippen LogP contribution is -2.10. The van der Waals surface area contributed by atoms with E-state index in [-0.39, 0.29) is 0 Å². The summed E-state index contributed by atoms with van der Waals surface area (Å²) >= 11 is 0. The molecule has 18 heavy (non-hydrogen) atoms. The van der Waals surface area contributed by atoms with Gasteiger partial charge in [0.1, 0.15) is 0 Å². The van der Waals surface area contributed by atoms with E-state index in [0.717, 1.165) is 11.6 Å². The van der Waals surface area contributed by atoms with Gasteiger partial charge in [0.2, 0.25) is 0 Å². The zero-order valence-electron chi connectivity index (χ0n) is 10.8. The third kappa shape index (κ3) is 1.90. The van der Waals surface area contributed by atoms with Crippen molar-refractivity contribution < 1.29 is 0 Å². The molecule has 1 aliphatic rings. The normalized spacial score (nSPS) is 15.4. The van der Waals surface area contributed by atoms with Crippen LogP contribution in [0.15, 0.2) is 42.5 Å². The fourth-order valence-corrected chi connectivity index (χ4v) is 2.75. The average Bonchev–Trinajstić information content (AvgIpc) is 2.31. The third-order valence-electron chi connectivity index (χ3n) is 4.06. The van der Waals surface area contributed by atoms with E-state index in [1.165, 1.54) is 41.5 Å². The summed E-state index contributed by atoms with van der Waals surface area (Å²) in [7, 11) is 0. The summed E-state index contributed by atoms with van der Waals surface area (Å²) in [5.41, 5.74) is 12.2. The van der Waals surface area contributed by atoms with Gasteiger partial charge in [-0.3, -0.25) is 0 Å². The van der Waals surface area contributed by atoms with Crippen LogP contribution in [-0.4, -0.2) is 0 Å². The summed E-state index contributed by atoms with van der Waals surface area (Å²) in [5, 5.41) is 0. The Labute approximate surface area is 109 Å². The highest BCUT2D eigenvalue weighted by Crippen LogP contribution is 2.41. The topological polar surface area (TPSA) is 26.0 Å².